The fourth-order valence-electron chi connectivity index (χ4n) is 3.47. The Kier molecular flexibility index (Phi) is 4.55. The van der Waals surface area contributed by atoms with Gasteiger partial charge in [-0.3, -0.25) is 4.98 Å². The van der Waals surface area contributed by atoms with Gasteiger partial charge in [0, 0.05) is 17.5 Å². The minimum Gasteiger partial charge on any atom is -0.465 e. The molecule has 4 rings (SSSR count). The summed E-state index contributed by atoms with van der Waals surface area (Å²) in [4.78, 5) is 16.2. The van der Waals surface area contributed by atoms with Crippen LogP contribution in [0.1, 0.15) is 38.3 Å². The standard InChI is InChI=1S/C23H18FNO2/c1-27-23(26)16-6-4-15(5-7-16)13-21-19-10-9-18(24)14-17(19)8-11-22-20(21)3-2-12-25-22/h2-7,9-10,12-14H,8,11H2,1H3/b21-13+. The lowest BCUT2D eigenvalue weighted by atomic mass is 9.93. The summed E-state index contributed by atoms with van der Waals surface area (Å²) in [6.45, 7) is 0. The maximum atomic E-state index is 13.8. The van der Waals surface area contributed by atoms with Crippen molar-refractivity contribution >= 4 is 17.6 Å². The summed E-state index contributed by atoms with van der Waals surface area (Å²) < 4.78 is 18.5. The Hall–Kier alpha value is -3.27. The van der Waals surface area contributed by atoms with E-state index in [2.05, 4.69) is 17.1 Å². The Bertz CT molecular complexity index is 1040. The molecule has 2 aromatic carbocycles. The average molecular weight is 359 g/mol. The van der Waals surface area contributed by atoms with Crippen molar-refractivity contribution < 1.29 is 13.9 Å². The molecule has 27 heavy (non-hydrogen) atoms. The van der Waals surface area contributed by atoms with Gasteiger partial charge in [0.1, 0.15) is 5.82 Å². The third-order valence-corrected chi connectivity index (χ3v) is 4.81. The molecular weight excluding hydrogens is 341 g/mol. The molecule has 1 aromatic heterocycles. The van der Waals surface area contributed by atoms with Crippen LogP contribution in [0.15, 0.2) is 60.8 Å². The molecule has 4 heteroatoms. The van der Waals surface area contributed by atoms with Crippen LogP contribution < -0.4 is 0 Å². The zero-order valence-electron chi connectivity index (χ0n) is 14.9. The van der Waals surface area contributed by atoms with Gasteiger partial charge in [0.25, 0.3) is 0 Å². The quantitative estimate of drug-likeness (QED) is 0.623. The first kappa shape index (κ1) is 17.2. The monoisotopic (exact) mass is 359 g/mol. The molecule has 0 aliphatic heterocycles. The van der Waals surface area contributed by atoms with Gasteiger partial charge in [-0.05, 0) is 71.5 Å². The first-order valence-corrected chi connectivity index (χ1v) is 8.79. The molecule has 0 atom stereocenters. The van der Waals surface area contributed by atoms with Crippen molar-refractivity contribution in [2.24, 2.45) is 0 Å². The van der Waals surface area contributed by atoms with E-state index >= 15 is 0 Å². The number of carbonyl (C=O) groups is 1. The van der Waals surface area contributed by atoms with E-state index in [1.165, 1.54) is 13.2 Å². The summed E-state index contributed by atoms with van der Waals surface area (Å²) in [6.07, 6.45) is 5.36. The van der Waals surface area contributed by atoms with Crippen LogP contribution in [0.4, 0.5) is 4.39 Å². The SMILES string of the molecule is COC(=O)c1ccc(/C=C2\c3ccc(F)cc3CCc3ncccc32)cc1. The van der Waals surface area contributed by atoms with Gasteiger partial charge in [-0.1, -0.05) is 24.3 Å². The minimum absolute atomic E-state index is 0.227. The highest BCUT2D eigenvalue weighted by molar-refractivity contribution is 5.94. The number of benzene rings is 2. The number of rotatable bonds is 2. The lowest BCUT2D eigenvalue weighted by Crippen LogP contribution is -2.00. The van der Waals surface area contributed by atoms with Gasteiger partial charge in [-0.25, -0.2) is 9.18 Å². The molecule has 0 radical (unpaired) electrons. The number of fused-ring (bicyclic) bond motifs is 2. The lowest BCUT2D eigenvalue weighted by Gasteiger charge is -2.12. The molecule has 0 saturated carbocycles. The van der Waals surface area contributed by atoms with Gasteiger partial charge in [0.15, 0.2) is 0 Å². The summed E-state index contributed by atoms with van der Waals surface area (Å²) in [6, 6.07) is 16.1. The van der Waals surface area contributed by atoms with Gasteiger partial charge >= 0.3 is 5.97 Å². The van der Waals surface area contributed by atoms with Crippen molar-refractivity contribution in [3.63, 3.8) is 0 Å². The Morgan fingerprint density at radius 2 is 1.89 bits per heavy atom. The molecule has 0 N–H and O–H groups in total. The van der Waals surface area contributed by atoms with Crippen molar-refractivity contribution in [2.45, 2.75) is 12.8 Å². The molecular formula is C23H18FNO2. The topological polar surface area (TPSA) is 39.2 Å². The smallest absolute Gasteiger partial charge is 0.337 e. The number of halogens is 1. The Morgan fingerprint density at radius 1 is 1.07 bits per heavy atom. The second-order valence-electron chi connectivity index (χ2n) is 6.47. The highest BCUT2D eigenvalue weighted by Crippen LogP contribution is 2.34. The number of aromatic nitrogens is 1. The van der Waals surface area contributed by atoms with E-state index in [1.54, 1.807) is 24.4 Å². The molecule has 0 saturated heterocycles. The van der Waals surface area contributed by atoms with Gasteiger partial charge in [0.05, 0.1) is 12.7 Å². The maximum absolute atomic E-state index is 13.8. The predicted molar refractivity (Wildman–Crippen MR) is 103 cm³/mol. The molecule has 1 aliphatic carbocycles. The minimum atomic E-state index is -0.362. The van der Waals surface area contributed by atoms with Crippen LogP contribution in [0.5, 0.6) is 0 Å². The zero-order chi connectivity index (χ0) is 18.8. The molecule has 0 amide bonds. The summed E-state index contributed by atoms with van der Waals surface area (Å²) in [7, 11) is 1.36. The molecule has 3 nitrogen and oxygen atoms in total. The van der Waals surface area contributed by atoms with Crippen molar-refractivity contribution in [2.75, 3.05) is 7.11 Å². The van der Waals surface area contributed by atoms with Crippen LogP contribution in [0.3, 0.4) is 0 Å². The van der Waals surface area contributed by atoms with E-state index in [1.807, 2.05) is 24.3 Å². The Balaban J connectivity index is 1.85. The Labute approximate surface area is 157 Å². The molecule has 1 aliphatic rings. The molecule has 0 spiro atoms. The number of methoxy groups -OCH3 is 1. The van der Waals surface area contributed by atoms with Crippen LogP contribution in [0, 0.1) is 5.82 Å². The van der Waals surface area contributed by atoms with Crippen molar-refractivity contribution in [3.8, 4) is 0 Å². The van der Waals surface area contributed by atoms with Gasteiger partial charge in [0.2, 0.25) is 0 Å². The first-order chi connectivity index (χ1) is 13.2. The van der Waals surface area contributed by atoms with E-state index in [-0.39, 0.29) is 11.8 Å². The van der Waals surface area contributed by atoms with E-state index in [0.29, 0.717) is 5.56 Å². The fraction of sp³-hybridized carbons (Fsp3) is 0.130. The number of ether oxygens (including phenoxy) is 1. The van der Waals surface area contributed by atoms with E-state index in [4.69, 9.17) is 4.74 Å². The third kappa shape index (κ3) is 3.38. The molecule has 134 valence electrons. The van der Waals surface area contributed by atoms with Crippen molar-refractivity contribution in [3.05, 3.63) is 100 Å². The Morgan fingerprint density at radius 3 is 2.67 bits per heavy atom. The van der Waals surface area contributed by atoms with Crippen LogP contribution in [-0.4, -0.2) is 18.1 Å². The highest BCUT2D eigenvalue weighted by atomic mass is 19.1. The maximum Gasteiger partial charge on any atom is 0.337 e. The lowest BCUT2D eigenvalue weighted by molar-refractivity contribution is 0.0600. The molecule has 0 fully saturated rings. The predicted octanol–water partition coefficient (Wildman–Crippen LogP) is 4.69. The highest BCUT2D eigenvalue weighted by Gasteiger charge is 2.19. The molecule has 0 unspecified atom stereocenters. The van der Waals surface area contributed by atoms with Crippen LogP contribution in [0.2, 0.25) is 0 Å². The summed E-state index contributed by atoms with van der Waals surface area (Å²) in [5, 5.41) is 0. The van der Waals surface area contributed by atoms with Gasteiger partial charge < -0.3 is 4.74 Å². The van der Waals surface area contributed by atoms with E-state index < -0.39 is 0 Å². The summed E-state index contributed by atoms with van der Waals surface area (Å²) >= 11 is 0. The second-order valence-corrected chi connectivity index (χ2v) is 6.47. The van der Waals surface area contributed by atoms with Crippen LogP contribution >= 0.6 is 0 Å². The van der Waals surface area contributed by atoms with E-state index in [9.17, 15) is 9.18 Å². The van der Waals surface area contributed by atoms with Gasteiger partial charge in [-0.2, -0.15) is 0 Å². The molecule has 3 aromatic rings. The zero-order valence-corrected chi connectivity index (χ0v) is 14.9. The third-order valence-electron chi connectivity index (χ3n) is 4.81. The number of hydrogen-bond acceptors (Lipinski definition) is 3. The summed E-state index contributed by atoms with van der Waals surface area (Å²) in [5.41, 5.74) is 6.52. The number of esters is 1. The number of aryl methyl sites for hydroxylation is 2. The largest absolute Gasteiger partial charge is 0.465 e. The van der Waals surface area contributed by atoms with Crippen LogP contribution in [-0.2, 0) is 17.6 Å². The summed E-state index contributed by atoms with van der Waals surface area (Å²) in [5.74, 6) is -0.589. The number of hydrogen-bond donors (Lipinski definition) is 0. The van der Waals surface area contributed by atoms with E-state index in [0.717, 1.165) is 46.4 Å². The fourth-order valence-corrected chi connectivity index (χ4v) is 3.47. The van der Waals surface area contributed by atoms with Gasteiger partial charge in [-0.15, -0.1) is 0 Å². The second kappa shape index (κ2) is 7.16. The molecule has 1 heterocycles. The number of carbonyl (C=O) groups excluding carboxylic acids is 1. The number of pyridine rings is 1. The van der Waals surface area contributed by atoms with Crippen molar-refractivity contribution in [1.82, 2.24) is 4.98 Å². The number of nitrogens with zero attached hydrogens (tertiary/aromatic N) is 1. The first-order valence-electron chi connectivity index (χ1n) is 8.79. The van der Waals surface area contributed by atoms with Crippen LogP contribution in [0.25, 0.3) is 11.6 Å². The normalized spacial score (nSPS) is 14.2. The van der Waals surface area contributed by atoms with Crippen molar-refractivity contribution in [1.29, 1.82) is 0 Å². The molecule has 0 bridgehead atoms. The average Bonchev–Trinajstić information content (AvgIpc) is 2.85.